The number of rotatable bonds is 8. The highest BCUT2D eigenvalue weighted by Crippen LogP contribution is 2.36. The Hall–Kier alpha value is -3.59. The summed E-state index contributed by atoms with van der Waals surface area (Å²) in [5.41, 5.74) is 8.88. The lowest BCUT2D eigenvalue weighted by atomic mass is 9.90. The van der Waals surface area contributed by atoms with E-state index in [0.29, 0.717) is 12.2 Å². The van der Waals surface area contributed by atoms with Crippen LogP contribution in [0.15, 0.2) is 60.6 Å². The Kier molecular flexibility index (Phi) is 7.91. The average Bonchev–Trinajstić information content (AvgIpc) is 2.96. The van der Waals surface area contributed by atoms with Gasteiger partial charge in [0.25, 0.3) is 5.91 Å². The van der Waals surface area contributed by atoms with E-state index in [2.05, 4.69) is 73.5 Å². The minimum absolute atomic E-state index is 0.0879. The molecule has 2 fully saturated rings. The summed E-state index contributed by atoms with van der Waals surface area (Å²) < 4.78 is 0. The summed E-state index contributed by atoms with van der Waals surface area (Å²) in [5.74, 6) is -0.0879. The molecule has 0 aliphatic carbocycles. The van der Waals surface area contributed by atoms with Crippen molar-refractivity contribution in [1.29, 1.82) is 0 Å². The van der Waals surface area contributed by atoms with E-state index in [4.69, 9.17) is 0 Å². The summed E-state index contributed by atoms with van der Waals surface area (Å²) in [5, 5.41) is 6.64. The lowest BCUT2D eigenvalue weighted by molar-refractivity contribution is -0.111. The molecule has 3 aliphatic rings. The van der Waals surface area contributed by atoms with Gasteiger partial charge in [-0.15, -0.1) is 0 Å². The third-order valence-electron chi connectivity index (χ3n) is 8.34. The highest BCUT2D eigenvalue weighted by Gasteiger charge is 2.25. The van der Waals surface area contributed by atoms with E-state index in [1.165, 1.54) is 12.0 Å². The first-order valence-electron chi connectivity index (χ1n) is 14.5. The Morgan fingerprint density at radius 1 is 0.925 bits per heavy atom. The molecule has 2 aromatic heterocycles. The SMILES string of the molecule is CCC1=C(C(=O)Nc2ccc(CN3CCN(C)CC3)nc2)c2cc(-c3cncc(CN4CCC4)c3)ccc2NC1. The molecule has 0 spiro atoms. The standard InChI is InChI=1S/C32H39N7O/c1-3-24-19-35-30-8-5-25(26-15-23(17-33-18-26)21-38-9-4-10-38)16-29(30)31(24)32(40)36-27-6-7-28(34-20-27)22-39-13-11-37(2)12-14-39/h5-8,15-18,20,35H,3-4,9-14,19,21-22H2,1-2H3,(H,36,40). The maximum Gasteiger partial charge on any atom is 0.256 e. The van der Waals surface area contributed by atoms with E-state index >= 15 is 0 Å². The number of aromatic nitrogens is 2. The lowest BCUT2D eigenvalue weighted by Crippen LogP contribution is -2.43. The molecule has 3 aromatic rings. The number of nitrogens with zero attached hydrogens (tertiary/aromatic N) is 5. The molecule has 3 aliphatic heterocycles. The van der Waals surface area contributed by atoms with Gasteiger partial charge in [-0.25, -0.2) is 0 Å². The number of nitrogens with one attached hydrogen (secondary N) is 2. The summed E-state index contributed by atoms with van der Waals surface area (Å²) in [4.78, 5) is 30.1. The van der Waals surface area contributed by atoms with Crippen LogP contribution >= 0.6 is 0 Å². The second-order valence-corrected chi connectivity index (χ2v) is 11.2. The van der Waals surface area contributed by atoms with E-state index in [0.717, 1.165) is 98.0 Å². The maximum absolute atomic E-state index is 13.7. The van der Waals surface area contributed by atoms with Crippen molar-refractivity contribution in [1.82, 2.24) is 24.7 Å². The first-order chi connectivity index (χ1) is 19.6. The summed E-state index contributed by atoms with van der Waals surface area (Å²) in [6, 6.07) is 12.6. The van der Waals surface area contributed by atoms with Crippen molar-refractivity contribution in [2.24, 2.45) is 0 Å². The number of anilines is 2. The topological polar surface area (TPSA) is 76.6 Å². The molecule has 40 heavy (non-hydrogen) atoms. The second kappa shape index (κ2) is 11.9. The van der Waals surface area contributed by atoms with Crippen LogP contribution in [0.5, 0.6) is 0 Å². The zero-order chi connectivity index (χ0) is 27.5. The Labute approximate surface area is 237 Å². The quantitative estimate of drug-likeness (QED) is 0.443. The van der Waals surface area contributed by atoms with Crippen molar-refractivity contribution in [2.75, 3.05) is 63.5 Å². The van der Waals surface area contributed by atoms with Gasteiger partial charge in [0.05, 0.1) is 17.6 Å². The number of carbonyl (C=O) groups is 1. The number of pyridine rings is 2. The third kappa shape index (κ3) is 5.94. The third-order valence-corrected chi connectivity index (χ3v) is 8.34. The molecule has 8 nitrogen and oxygen atoms in total. The van der Waals surface area contributed by atoms with Gasteiger partial charge in [-0.3, -0.25) is 24.6 Å². The fourth-order valence-electron chi connectivity index (χ4n) is 5.70. The van der Waals surface area contributed by atoms with Gasteiger partial charge in [0.1, 0.15) is 0 Å². The summed E-state index contributed by atoms with van der Waals surface area (Å²) in [6.45, 7) is 11.1. The Balaban J connectivity index is 1.20. The number of hydrogen-bond donors (Lipinski definition) is 2. The number of hydrogen-bond acceptors (Lipinski definition) is 7. The predicted octanol–water partition coefficient (Wildman–Crippen LogP) is 4.32. The molecule has 6 rings (SSSR count). The predicted molar refractivity (Wildman–Crippen MR) is 161 cm³/mol. The van der Waals surface area contributed by atoms with Gasteiger partial charge in [-0.05, 0) is 80.0 Å². The van der Waals surface area contributed by atoms with Crippen molar-refractivity contribution in [3.8, 4) is 11.1 Å². The van der Waals surface area contributed by atoms with Crippen LogP contribution in [0, 0.1) is 0 Å². The number of likely N-dealkylation sites (tertiary alicyclic amines) is 1. The molecule has 0 saturated carbocycles. The fourth-order valence-corrected chi connectivity index (χ4v) is 5.70. The first kappa shape index (κ1) is 26.6. The minimum atomic E-state index is -0.0879. The van der Waals surface area contributed by atoms with Gasteiger partial charge in [0.2, 0.25) is 0 Å². The monoisotopic (exact) mass is 537 g/mol. The largest absolute Gasteiger partial charge is 0.381 e. The molecule has 0 atom stereocenters. The van der Waals surface area contributed by atoms with Crippen LogP contribution in [-0.4, -0.2) is 83.4 Å². The number of carbonyl (C=O) groups excluding carboxylic acids is 1. The number of fused-ring (bicyclic) bond motifs is 1. The van der Waals surface area contributed by atoms with Crippen LogP contribution < -0.4 is 10.6 Å². The van der Waals surface area contributed by atoms with E-state index in [1.807, 2.05) is 24.5 Å². The molecule has 1 amide bonds. The van der Waals surface area contributed by atoms with Gasteiger partial charge >= 0.3 is 0 Å². The zero-order valence-electron chi connectivity index (χ0n) is 23.6. The van der Waals surface area contributed by atoms with Gasteiger partial charge in [-0.2, -0.15) is 0 Å². The number of piperazine rings is 1. The van der Waals surface area contributed by atoms with Gasteiger partial charge < -0.3 is 15.5 Å². The van der Waals surface area contributed by atoms with Crippen LogP contribution in [0.4, 0.5) is 11.4 Å². The van der Waals surface area contributed by atoms with E-state index < -0.39 is 0 Å². The van der Waals surface area contributed by atoms with Crippen molar-refractivity contribution in [3.05, 3.63) is 77.4 Å². The van der Waals surface area contributed by atoms with Crippen molar-refractivity contribution in [2.45, 2.75) is 32.9 Å². The molecule has 0 radical (unpaired) electrons. The maximum atomic E-state index is 13.7. The highest BCUT2D eigenvalue weighted by atomic mass is 16.1. The molecule has 5 heterocycles. The molecular formula is C32H39N7O. The molecule has 2 saturated heterocycles. The fraction of sp³-hybridized carbons (Fsp3) is 0.406. The molecule has 0 unspecified atom stereocenters. The summed E-state index contributed by atoms with van der Waals surface area (Å²) in [6.07, 6.45) is 7.73. The second-order valence-electron chi connectivity index (χ2n) is 11.2. The Morgan fingerprint density at radius 2 is 1.75 bits per heavy atom. The Bertz CT molecular complexity index is 1390. The molecular weight excluding hydrogens is 498 g/mol. The average molecular weight is 538 g/mol. The lowest BCUT2D eigenvalue weighted by Gasteiger charge is -2.32. The Morgan fingerprint density at radius 3 is 2.48 bits per heavy atom. The van der Waals surface area contributed by atoms with Crippen LogP contribution in [0.2, 0.25) is 0 Å². The molecule has 8 heteroatoms. The van der Waals surface area contributed by atoms with Crippen LogP contribution in [0.25, 0.3) is 16.7 Å². The molecule has 0 bridgehead atoms. The molecule has 2 N–H and O–H groups in total. The first-order valence-corrected chi connectivity index (χ1v) is 14.5. The summed E-state index contributed by atoms with van der Waals surface area (Å²) >= 11 is 0. The highest BCUT2D eigenvalue weighted by molar-refractivity contribution is 6.28. The zero-order valence-corrected chi connectivity index (χ0v) is 23.6. The normalized spacial score (nSPS) is 18.1. The molecule has 1 aromatic carbocycles. The van der Waals surface area contributed by atoms with E-state index in [1.54, 1.807) is 6.20 Å². The van der Waals surface area contributed by atoms with Gasteiger partial charge in [0.15, 0.2) is 0 Å². The van der Waals surface area contributed by atoms with Crippen molar-refractivity contribution < 1.29 is 4.79 Å². The van der Waals surface area contributed by atoms with Crippen LogP contribution in [0.3, 0.4) is 0 Å². The summed E-state index contributed by atoms with van der Waals surface area (Å²) in [7, 11) is 2.16. The van der Waals surface area contributed by atoms with Crippen LogP contribution in [0.1, 0.15) is 36.6 Å². The number of amides is 1. The molecule has 208 valence electrons. The smallest absolute Gasteiger partial charge is 0.256 e. The van der Waals surface area contributed by atoms with Crippen molar-refractivity contribution >= 4 is 22.9 Å². The van der Waals surface area contributed by atoms with E-state index in [-0.39, 0.29) is 5.91 Å². The van der Waals surface area contributed by atoms with E-state index in [9.17, 15) is 4.79 Å². The van der Waals surface area contributed by atoms with Crippen molar-refractivity contribution in [3.63, 3.8) is 0 Å². The number of likely N-dealkylation sites (N-methyl/N-ethyl adjacent to an activating group) is 1. The van der Waals surface area contributed by atoms with Gasteiger partial charge in [-0.1, -0.05) is 13.0 Å². The minimum Gasteiger partial charge on any atom is -0.381 e. The van der Waals surface area contributed by atoms with Crippen LogP contribution in [-0.2, 0) is 17.9 Å². The number of benzene rings is 1. The van der Waals surface area contributed by atoms with Gasteiger partial charge in [0, 0.05) is 80.6 Å².